The van der Waals surface area contributed by atoms with Crippen LogP contribution < -0.4 is 0 Å². The number of ether oxygens (including phenoxy) is 1. The standard InChI is InChI=1S/C15H19ClFN3O4S/c16-13-11-12(17)1-2-14(13)25(22,23)20-5-3-18(4-6-20)15(21)19-7-9-24-10-8-19/h1-2,11H,3-10H2. The minimum Gasteiger partial charge on any atom is -0.378 e. The molecule has 25 heavy (non-hydrogen) atoms. The summed E-state index contributed by atoms with van der Waals surface area (Å²) in [5.41, 5.74) is 0. The molecule has 2 fully saturated rings. The summed E-state index contributed by atoms with van der Waals surface area (Å²) >= 11 is 5.89. The van der Waals surface area contributed by atoms with E-state index in [2.05, 4.69) is 0 Å². The van der Waals surface area contributed by atoms with Crippen molar-refractivity contribution in [2.24, 2.45) is 0 Å². The highest BCUT2D eigenvalue weighted by molar-refractivity contribution is 7.89. The minimum atomic E-state index is -3.82. The SMILES string of the molecule is O=C(N1CCOCC1)N1CCN(S(=O)(=O)c2ccc(F)cc2Cl)CC1. The maximum absolute atomic E-state index is 13.1. The molecule has 1 aromatic rings. The number of morpholine rings is 1. The van der Waals surface area contributed by atoms with Crippen LogP contribution in [0.15, 0.2) is 23.1 Å². The van der Waals surface area contributed by atoms with Crippen LogP contribution in [-0.4, -0.2) is 81.0 Å². The summed E-state index contributed by atoms with van der Waals surface area (Å²) in [6.45, 7) is 3.07. The molecule has 0 unspecified atom stereocenters. The third kappa shape index (κ3) is 3.89. The number of amides is 2. The van der Waals surface area contributed by atoms with Gasteiger partial charge in [0.25, 0.3) is 0 Å². The number of rotatable bonds is 2. The lowest BCUT2D eigenvalue weighted by Gasteiger charge is -2.38. The maximum Gasteiger partial charge on any atom is 0.320 e. The van der Waals surface area contributed by atoms with Crippen LogP contribution in [0.2, 0.25) is 5.02 Å². The second kappa shape index (κ2) is 7.45. The first-order valence-corrected chi connectivity index (χ1v) is 9.78. The first-order chi connectivity index (χ1) is 11.9. The fourth-order valence-corrected chi connectivity index (χ4v) is 4.83. The van der Waals surface area contributed by atoms with Crippen molar-refractivity contribution in [1.29, 1.82) is 0 Å². The average Bonchev–Trinajstić information content (AvgIpc) is 2.61. The lowest BCUT2D eigenvalue weighted by atomic mass is 10.3. The molecule has 0 aliphatic carbocycles. The molecule has 2 aliphatic rings. The fraction of sp³-hybridized carbons (Fsp3) is 0.533. The zero-order valence-corrected chi connectivity index (χ0v) is 15.1. The smallest absolute Gasteiger partial charge is 0.320 e. The van der Waals surface area contributed by atoms with E-state index in [1.165, 1.54) is 4.31 Å². The highest BCUT2D eigenvalue weighted by Gasteiger charge is 2.33. The van der Waals surface area contributed by atoms with E-state index in [1.54, 1.807) is 9.80 Å². The van der Waals surface area contributed by atoms with Crippen molar-refractivity contribution in [3.63, 3.8) is 0 Å². The molecule has 2 amide bonds. The van der Waals surface area contributed by atoms with E-state index in [4.69, 9.17) is 16.3 Å². The van der Waals surface area contributed by atoms with Crippen LogP contribution >= 0.6 is 11.6 Å². The Morgan fingerprint density at radius 1 is 1.04 bits per heavy atom. The van der Waals surface area contributed by atoms with Gasteiger partial charge in [0.05, 0.1) is 18.2 Å². The third-order valence-corrected chi connectivity index (χ3v) is 6.68. The Morgan fingerprint density at radius 3 is 2.24 bits per heavy atom. The predicted octanol–water partition coefficient (Wildman–Crippen LogP) is 1.24. The van der Waals surface area contributed by atoms with Gasteiger partial charge in [0.2, 0.25) is 10.0 Å². The number of urea groups is 1. The van der Waals surface area contributed by atoms with Gasteiger partial charge in [0, 0.05) is 39.3 Å². The lowest BCUT2D eigenvalue weighted by molar-refractivity contribution is 0.0405. The van der Waals surface area contributed by atoms with Gasteiger partial charge in [-0.05, 0) is 18.2 Å². The lowest BCUT2D eigenvalue weighted by Crippen LogP contribution is -2.55. The van der Waals surface area contributed by atoms with Crippen LogP contribution in [-0.2, 0) is 14.8 Å². The zero-order valence-electron chi connectivity index (χ0n) is 13.5. The fourth-order valence-electron chi connectivity index (χ4n) is 2.90. The molecule has 2 heterocycles. The number of benzene rings is 1. The van der Waals surface area contributed by atoms with Crippen molar-refractivity contribution in [1.82, 2.24) is 14.1 Å². The molecule has 2 saturated heterocycles. The van der Waals surface area contributed by atoms with Crippen LogP contribution in [0.1, 0.15) is 0 Å². The third-order valence-electron chi connectivity index (χ3n) is 4.30. The van der Waals surface area contributed by atoms with Gasteiger partial charge in [0.15, 0.2) is 0 Å². The van der Waals surface area contributed by atoms with Crippen LogP contribution in [0.5, 0.6) is 0 Å². The van der Waals surface area contributed by atoms with Crippen molar-refractivity contribution in [2.45, 2.75) is 4.90 Å². The molecular formula is C15H19ClFN3O4S. The molecule has 0 radical (unpaired) electrons. The number of nitrogens with zero attached hydrogens (tertiary/aromatic N) is 3. The summed E-state index contributed by atoms with van der Waals surface area (Å²) in [6.07, 6.45) is 0. The molecule has 0 bridgehead atoms. The van der Waals surface area contributed by atoms with E-state index in [0.29, 0.717) is 39.4 Å². The Labute approximate surface area is 150 Å². The number of hydrogen-bond acceptors (Lipinski definition) is 4. The topological polar surface area (TPSA) is 70.2 Å². The predicted molar refractivity (Wildman–Crippen MR) is 89.5 cm³/mol. The molecule has 0 N–H and O–H groups in total. The Morgan fingerprint density at radius 2 is 1.64 bits per heavy atom. The van der Waals surface area contributed by atoms with Gasteiger partial charge in [-0.1, -0.05) is 11.6 Å². The highest BCUT2D eigenvalue weighted by Crippen LogP contribution is 2.26. The molecular weight excluding hydrogens is 373 g/mol. The number of piperazine rings is 1. The molecule has 1 aromatic carbocycles. The molecule has 10 heteroatoms. The maximum atomic E-state index is 13.1. The van der Waals surface area contributed by atoms with Crippen LogP contribution in [0.3, 0.4) is 0 Å². The number of hydrogen-bond donors (Lipinski definition) is 0. The van der Waals surface area contributed by atoms with Crippen LogP contribution in [0.4, 0.5) is 9.18 Å². The molecule has 0 aromatic heterocycles. The van der Waals surface area contributed by atoms with Gasteiger partial charge in [-0.2, -0.15) is 4.31 Å². The average molecular weight is 392 g/mol. The molecule has 0 saturated carbocycles. The van der Waals surface area contributed by atoms with Crippen molar-refractivity contribution in [3.05, 3.63) is 29.0 Å². The summed E-state index contributed by atoms with van der Waals surface area (Å²) in [6, 6.07) is 3.11. The largest absolute Gasteiger partial charge is 0.378 e. The van der Waals surface area contributed by atoms with E-state index in [-0.39, 0.29) is 29.0 Å². The van der Waals surface area contributed by atoms with Crippen molar-refractivity contribution in [2.75, 3.05) is 52.5 Å². The Bertz CT molecular complexity index is 747. The number of sulfonamides is 1. The first kappa shape index (κ1) is 18.4. The number of carbonyl (C=O) groups is 1. The second-order valence-electron chi connectivity index (χ2n) is 5.85. The van der Waals surface area contributed by atoms with Gasteiger partial charge in [0.1, 0.15) is 10.7 Å². The van der Waals surface area contributed by atoms with E-state index in [0.717, 1.165) is 18.2 Å². The van der Waals surface area contributed by atoms with Gasteiger partial charge < -0.3 is 14.5 Å². The summed E-state index contributed by atoms with van der Waals surface area (Å²) in [4.78, 5) is 15.7. The van der Waals surface area contributed by atoms with Crippen molar-refractivity contribution < 1.29 is 22.3 Å². The molecule has 3 rings (SSSR count). The van der Waals surface area contributed by atoms with Crippen molar-refractivity contribution in [3.8, 4) is 0 Å². The summed E-state index contributed by atoms with van der Waals surface area (Å²) < 4.78 is 45.0. The number of carbonyl (C=O) groups excluding carboxylic acids is 1. The van der Waals surface area contributed by atoms with E-state index < -0.39 is 15.8 Å². The van der Waals surface area contributed by atoms with E-state index in [9.17, 15) is 17.6 Å². The quantitative estimate of drug-likeness (QED) is 0.760. The Hall–Kier alpha value is -1.42. The summed E-state index contributed by atoms with van der Waals surface area (Å²) in [5, 5.41) is -0.146. The number of halogens is 2. The highest BCUT2D eigenvalue weighted by atomic mass is 35.5. The van der Waals surface area contributed by atoms with Crippen LogP contribution in [0.25, 0.3) is 0 Å². The van der Waals surface area contributed by atoms with Gasteiger partial charge in [-0.25, -0.2) is 17.6 Å². The first-order valence-electron chi connectivity index (χ1n) is 7.96. The van der Waals surface area contributed by atoms with Gasteiger partial charge in [-0.3, -0.25) is 0 Å². The van der Waals surface area contributed by atoms with Gasteiger partial charge in [-0.15, -0.1) is 0 Å². The van der Waals surface area contributed by atoms with E-state index >= 15 is 0 Å². The molecule has 0 spiro atoms. The van der Waals surface area contributed by atoms with Crippen LogP contribution in [0, 0.1) is 5.82 Å². The Kier molecular flexibility index (Phi) is 5.47. The van der Waals surface area contributed by atoms with Gasteiger partial charge >= 0.3 is 6.03 Å². The van der Waals surface area contributed by atoms with Crippen molar-refractivity contribution >= 4 is 27.7 Å². The second-order valence-corrected chi connectivity index (χ2v) is 8.16. The molecule has 7 nitrogen and oxygen atoms in total. The minimum absolute atomic E-state index is 0.0971. The summed E-state index contributed by atoms with van der Waals surface area (Å²) in [5.74, 6) is -0.593. The molecule has 138 valence electrons. The monoisotopic (exact) mass is 391 g/mol. The zero-order chi connectivity index (χ0) is 18.0. The summed E-state index contributed by atoms with van der Waals surface area (Å²) in [7, 11) is -3.82. The molecule has 0 atom stereocenters. The Balaban J connectivity index is 1.66. The van der Waals surface area contributed by atoms with E-state index in [1.807, 2.05) is 0 Å². The normalized spacial score (nSPS) is 19.9. The molecule has 2 aliphatic heterocycles.